The Kier molecular flexibility index (Phi) is 3.44. The summed E-state index contributed by atoms with van der Waals surface area (Å²) < 4.78 is 5.52. The molecule has 2 aliphatic rings. The molecule has 3 heteroatoms. The van der Waals surface area contributed by atoms with Crippen LogP contribution in [0.4, 0.5) is 0 Å². The van der Waals surface area contributed by atoms with E-state index in [4.69, 9.17) is 27.9 Å². The highest BCUT2D eigenvalue weighted by atomic mass is 35.5. The number of rotatable bonds is 2. The highest BCUT2D eigenvalue weighted by Crippen LogP contribution is 2.77. The van der Waals surface area contributed by atoms with E-state index in [0.717, 1.165) is 16.9 Å². The summed E-state index contributed by atoms with van der Waals surface area (Å²) in [6.45, 7) is 2.10. The third-order valence-electron chi connectivity index (χ3n) is 5.74. The van der Waals surface area contributed by atoms with Gasteiger partial charge in [-0.15, -0.1) is 0 Å². The second-order valence-electron chi connectivity index (χ2n) is 7.23. The van der Waals surface area contributed by atoms with E-state index in [1.807, 2.05) is 36.4 Å². The SMILES string of the molecule is Cc1ccc(C2c3ccccc3OC3(c4ccccc4)C2C3(Cl)Cl)cc1. The van der Waals surface area contributed by atoms with Crippen LogP contribution in [0, 0.1) is 12.8 Å². The van der Waals surface area contributed by atoms with Crippen LogP contribution in [0.2, 0.25) is 0 Å². The van der Waals surface area contributed by atoms with Gasteiger partial charge < -0.3 is 4.74 Å². The molecule has 3 aromatic carbocycles. The molecule has 3 unspecified atom stereocenters. The van der Waals surface area contributed by atoms with Crippen molar-refractivity contribution in [3.63, 3.8) is 0 Å². The first kappa shape index (κ1) is 16.2. The molecule has 1 fully saturated rings. The standard InChI is InChI=1S/C23H18Cl2O/c1-15-11-13-16(14-12-15)20-18-9-5-6-10-19(18)26-22(21(20)23(22,24)25)17-7-3-2-4-8-17/h2-14,20-21H,1H3. The van der Waals surface area contributed by atoms with Crippen molar-refractivity contribution < 1.29 is 4.74 Å². The van der Waals surface area contributed by atoms with E-state index in [2.05, 4.69) is 49.4 Å². The molecule has 3 atom stereocenters. The van der Waals surface area contributed by atoms with Crippen LogP contribution in [-0.4, -0.2) is 4.33 Å². The summed E-state index contributed by atoms with van der Waals surface area (Å²) in [6, 6.07) is 26.9. The summed E-state index contributed by atoms with van der Waals surface area (Å²) in [6.07, 6.45) is 0. The minimum atomic E-state index is -0.983. The summed E-state index contributed by atoms with van der Waals surface area (Å²) in [5.41, 5.74) is 3.92. The molecule has 3 aromatic rings. The third-order valence-corrected chi connectivity index (χ3v) is 6.77. The molecule has 1 aliphatic heterocycles. The van der Waals surface area contributed by atoms with Crippen LogP contribution >= 0.6 is 23.2 Å². The number of para-hydroxylation sites is 1. The molecule has 5 rings (SSSR count). The van der Waals surface area contributed by atoms with Crippen LogP contribution in [0.25, 0.3) is 0 Å². The monoisotopic (exact) mass is 380 g/mol. The van der Waals surface area contributed by atoms with E-state index in [1.165, 1.54) is 11.1 Å². The molecule has 0 aromatic heterocycles. The van der Waals surface area contributed by atoms with E-state index >= 15 is 0 Å². The highest BCUT2D eigenvalue weighted by molar-refractivity contribution is 6.52. The van der Waals surface area contributed by atoms with Gasteiger partial charge in [0.15, 0.2) is 9.93 Å². The van der Waals surface area contributed by atoms with Crippen LogP contribution in [0.3, 0.4) is 0 Å². The Morgan fingerprint density at radius 1 is 0.808 bits per heavy atom. The van der Waals surface area contributed by atoms with Crippen molar-refractivity contribution >= 4 is 23.2 Å². The zero-order valence-corrected chi connectivity index (χ0v) is 15.8. The van der Waals surface area contributed by atoms with Gasteiger partial charge in [-0.1, -0.05) is 102 Å². The normalized spacial score (nSPS) is 27.8. The van der Waals surface area contributed by atoms with E-state index in [-0.39, 0.29) is 11.8 Å². The zero-order chi connectivity index (χ0) is 17.9. The first-order valence-electron chi connectivity index (χ1n) is 8.83. The second kappa shape index (κ2) is 5.52. The van der Waals surface area contributed by atoms with Crippen LogP contribution in [0.1, 0.15) is 28.2 Å². The molecule has 1 aliphatic carbocycles. The fourth-order valence-corrected chi connectivity index (χ4v) is 5.41. The Morgan fingerprint density at radius 2 is 1.46 bits per heavy atom. The van der Waals surface area contributed by atoms with Crippen LogP contribution in [0.5, 0.6) is 5.75 Å². The minimum Gasteiger partial charge on any atom is -0.479 e. The molecule has 0 amide bonds. The van der Waals surface area contributed by atoms with Crippen molar-refractivity contribution in [3.05, 3.63) is 101 Å². The summed E-state index contributed by atoms with van der Waals surface area (Å²) in [4.78, 5) is 0. The molecule has 130 valence electrons. The number of ether oxygens (including phenoxy) is 1. The number of aryl methyl sites for hydroxylation is 1. The molecule has 1 heterocycles. The predicted octanol–water partition coefficient (Wildman–Crippen LogP) is 6.22. The number of hydrogen-bond donors (Lipinski definition) is 0. The Bertz CT molecular complexity index is 965. The van der Waals surface area contributed by atoms with Gasteiger partial charge in [-0.25, -0.2) is 0 Å². The Labute approximate surface area is 163 Å². The number of alkyl halides is 2. The molecule has 0 N–H and O–H groups in total. The molecule has 26 heavy (non-hydrogen) atoms. The largest absolute Gasteiger partial charge is 0.479 e. The Morgan fingerprint density at radius 3 is 2.19 bits per heavy atom. The van der Waals surface area contributed by atoms with Crippen molar-refractivity contribution in [1.82, 2.24) is 0 Å². The van der Waals surface area contributed by atoms with Crippen LogP contribution in [-0.2, 0) is 5.60 Å². The molecule has 1 saturated carbocycles. The third kappa shape index (κ3) is 2.05. The van der Waals surface area contributed by atoms with E-state index in [0.29, 0.717) is 0 Å². The van der Waals surface area contributed by atoms with Crippen molar-refractivity contribution in [2.75, 3.05) is 0 Å². The topological polar surface area (TPSA) is 9.23 Å². The fourth-order valence-electron chi connectivity index (χ4n) is 4.43. The first-order valence-corrected chi connectivity index (χ1v) is 9.59. The van der Waals surface area contributed by atoms with Gasteiger partial charge >= 0.3 is 0 Å². The molecule has 1 nitrogen and oxygen atoms in total. The lowest BCUT2D eigenvalue weighted by Crippen LogP contribution is -2.28. The van der Waals surface area contributed by atoms with Gasteiger partial charge in [-0.2, -0.15) is 0 Å². The van der Waals surface area contributed by atoms with Crippen molar-refractivity contribution in [3.8, 4) is 5.75 Å². The van der Waals surface area contributed by atoms with E-state index in [1.54, 1.807) is 0 Å². The maximum Gasteiger partial charge on any atom is 0.174 e. The summed E-state index contributed by atoms with van der Waals surface area (Å²) in [5, 5.41) is 0. The van der Waals surface area contributed by atoms with E-state index in [9.17, 15) is 0 Å². The second-order valence-corrected chi connectivity index (χ2v) is 8.62. The summed E-state index contributed by atoms with van der Waals surface area (Å²) in [7, 11) is 0. The van der Waals surface area contributed by atoms with Gasteiger partial charge in [-0.3, -0.25) is 0 Å². The summed E-state index contributed by atoms with van der Waals surface area (Å²) in [5.74, 6) is 0.912. The molecule has 0 spiro atoms. The Balaban J connectivity index is 1.73. The lowest BCUT2D eigenvalue weighted by atomic mass is 9.82. The predicted molar refractivity (Wildman–Crippen MR) is 106 cm³/mol. The average molecular weight is 381 g/mol. The van der Waals surface area contributed by atoms with Gasteiger partial charge in [0, 0.05) is 11.5 Å². The number of fused-ring (bicyclic) bond motifs is 2. The molecule has 0 bridgehead atoms. The maximum absolute atomic E-state index is 6.91. The van der Waals surface area contributed by atoms with Crippen molar-refractivity contribution in [2.45, 2.75) is 22.8 Å². The van der Waals surface area contributed by atoms with Gasteiger partial charge in [0.2, 0.25) is 0 Å². The first-order chi connectivity index (χ1) is 12.6. The minimum absolute atomic E-state index is 0.0432. The van der Waals surface area contributed by atoms with Crippen molar-refractivity contribution in [2.24, 2.45) is 5.92 Å². The van der Waals surface area contributed by atoms with Gasteiger partial charge in [0.05, 0.1) is 5.92 Å². The van der Waals surface area contributed by atoms with Crippen LogP contribution in [0.15, 0.2) is 78.9 Å². The quantitative estimate of drug-likeness (QED) is 0.479. The molecular weight excluding hydrogens is 363 g/mol. The smallest absolute Gasteiger partial charge is 0.174 e. The Hall–Kier alpha value is -1.96. The number of halogens is 2. The number of benzene rings is 3. The van der Waals surface area contributed by atoms with Crippen LogP contribution < -0.4 is 4.74 Å². The number of hydrogen-bond acceptors (Lipinski definition) is 1. The highest BCUT2D eigenvalue weighted by Gasteiger charge is 2.83. The lowest BCUT2D eigenvalue weighted by Gasteiger charge is -2.31. The average Bonchev–Trinajstić information content (AvgIpc) is 3.17. The van der Waals surface area contributed by atoms with E-state index < -0.39 is 9.93 Å². The van der Waals surface area contributed by atoms with Gasteiger partial charge in [0.1, 0.15) is 5.75 Å². The zero-order valence-electron chi connectivity index (χ0n) is 14.3. The van der Waals surface area contributed by atoms with Gasteiger partial charge in [0.25, 0.3) is 0 Å². The maximum atomic E-state index is 6.91. The molecule has 0 saturated heterocycles. The molecular formula is C23H18Cl2O. The summed E-state index contributed by atoms with van der Waals surface area (Å²) >= 11 is 13.8. The lowest BCUT2D eigenvalue weighted by molar-refractivity contribution is 0.137. The fraction of sp³-hybridized carbons (Fsp3) is 0.217. The van der Waals surface area contributed by atoms with Gasteiger partial charge in [-0.05, 0) is 24.1 Å². The molecule has 0 radical (unpaired) electrons. The van der Waals surface area contributed by atoms with Crippen molar-refractivity contribution in [1.29, 1.82) is 0 Å².